The van der Waals surface area contributed by atoms with Gasteiger partial charge in [-0.15, -0.1) is 46.4 Å². The van der Waals surface area contributed by atoms with Crippen LogP contribution in [0.4, 0.5) is 0 Å². The van der Waals surface area contributed by atoms with E-state index >= 15 is 0 Å². The van der Waals surface area contributed by atoms with Crippen LogP contribution >= 0.6 is 46.4 Å². The Bertz CT molecular complexity index is 638. The Kier molecular flexibility index (Phi) is 111. The van der Waals surface area contributed by atoms with E-state index in [1.165, 1.54) is 55.4 Å². The minimum absolute atomic E-state index is 0.194. The third-order valence-electron chi connectivity index (χ3n) is 2.78. The average Bonchev–Trinajstić information content (AvgIpc) is 3.00. The van der Waals surface area contributed by atoms with Gasteiger partial charge in [-0.1, -0.05) is 0 Å². The van der Waals surface area contributed by atoms with Crippen LogP contribution in [0.2, 0.25) is 0 Å². The summed E-state index contributed by atoms with van der Waals surface area (Å²) in [6.45, 7) is 29.2. The fraction of sp³-hybridized carbons (Fsp3) is 0.765. The number of carbonyl (C=O) groups is 8. The zero-order valence-electron chi connectivity index (χ0n) is 35.1. The number of rotatable bonds is 8. The van der Waals surface area contributed by atoms with E-state index in [1.807, 2.05) is 0 Å². The molecule has 0 saturated carbocycles. The lowest BCUT2D eigenvalue weighted by atomic mass is 10.8. The standard InChI is InChI=1S/8C4H8O2.2CH2Cl2/c8*1-3-6-4(2)5;2*2-1-3/h8*3H2,1-2H3;2*1H2. The lowest BCUT2D eigenvalue weighted by Gasteiger charge is -1.89. The number of hydrogen-bond acceptors (Lipinski definition) is 16. The minimum atomic E-state index is -0.211. The predicted molar refractivity (Wildman–Crippen MR) is 212 cm³/mol. The highest BCUT2D eigenvalue weighted by Gasteiger charge is 1.85. The molecule has 54 heavy (non-hydrogen) atoms. The van der Waals surface area contributed by atoms with Crippen LogP contribution < -0.4 is 0 Å². The summed E-state index contributed by atoms with van der Waals surface area (Å²) >= 11 is 19.1. The lowest BCUT2D eigenvalue weighted by molar-refractivity contribution is -0.141. The Balaban J connectivity index is -0.0000000501. The topological polar surface area (TPSA) is 210 Å². The smallest absolute Gasteiger partial charge is 0.302 e. The van der Waals surface area contributed by atoms with Crippen molar-refractivity contribution < 1.29 is 76.3 Å². The molecule has 20 heteroatoms. The molecule has 0 aliphatic carbocycles. The van der Waals surface area contributed by atoms with Crippen molar-refractivity contribution in [1.29, 1.82) is 0 Å². The first-order chi connectivity index (χ1) is 25.0. The van der Waals surface area contributed by atoms with Gasteiger partial charge in [-0.05, 0) is 55.4 Å². The van der Waals surface area contributed by atoms with E-state index in [4.69, 9.17) is 46.4 Å². The van der Waals surface area contributed by atoms with Gasteiger partial charge < -0.3 is 37.9 Å². The van der Waals surface area contributed by atoms with Gasteiger partial charge in [-0.3, -0.25) is 38.4 Å². The number of hydrogen-bond donors (Lipinski definition) is 0. The van der Waals surface area contributed by atoms with Crippen molar-refractivity contribution in [3.05, 3.63) is 0 Å². The molecule has 0 unspecified atom stereocenters. The molecule has 0 rings (SSSR count). The number of alkyl halides is 4. The molecule has 16 nitrogen and oxygen atoms in total. The molecule has 0 aromatic carbocycles. The highest BCUT2D eigenvalue weighted by atomic mass is 35.5. The van der Waals surface area contributed by atoms with Crippen LogP contribution in [0.3, 0.4) is 0 Å². The Morgan fingerprint density at radius 2 is 0.315 bits per heavy atom. The molecule has 0 bridgehead atoms. The molecule has 328 valence electrons. The van der Waals surface area contributed by atoms with Crippen molar-refractivity contribution in [2.75, 3.05) is 63.5 Å². The van der Waals surface area contributed by atoms with Crippen molar-refractivity contribution in [1.82, 2.24) is 0 Å². The molecule has 0 spiro atoms. The summed E-state index contributed by atoms with van der Waals surface area (Å²) in [4.78, 5) is 78.6. The Morgan fingerprint density at radius 3 is 0.315 bits per heavy atom. The average molecular weight is 875 g/mol. The second-order valence-corrected chi connectivity index (χ2v) is 9.22. The molecule has 0 saturated heterocycles. The highest BCUT2D eigenvalue weighted by molar-refractivity contribution is 6.41. The van der Waals surface area contributed by atoms with E-state index < -0.39 is 0 Å². The Hall–Kier alpha value is -3.08. The maximum absolute atomic E-state index is 9.82. The van der Waals surface area contributed by atoms with Crippen molar-refractivity contribution in [2.45, 2.75) is 111 Å². The van der Waals surface area contributed by atoms with Gasteiger partial charge in [0, 0.05) is 55.4 Å². The number of carbonyl (C=O) groups excluding carboxylic acids is 8. The quantitative estimate of drug-likeness (QED) is 0.132. The maximum atomic E-state index is 9.82. The summed E-state index contributed by atoms with van der Waals surface area (Å²) in [7, 11) is 0. The number of esters is 8. The van der Waals surface area contributed by atoms with Crippen molar-refractivity contribution in [2.24, 2.45) is 0 Å². The van der Waals surface area contributed by atoms with Crippen molar-refractivity contribution in [3.8, 4) is 0 Å². The van der Waals surface area contributed by atoms with Crippen molar-refractivity contribution >= 4 is 94.2 Å². The van der Waals surface area contributed by atoms with Gasteiger partial charge in [0.05, 0.1) is 63.5 Å². The fourth-order valence-corrected chi connectivity index (χ4v) is 1.63. The van der Waals surface area contributed by atoms with Gasteiger partial charge in [0.1, 0.15) is 0 Å². The molecule has 0 aromatic rings. The summed E-state index contributed by atoms with van der Waals surface area (Å²) in [5.74, 6) is -1.69. The number of halogens is 4. The predicted octanol–water partition coefficient (Wildman–Crippen LogP) is 7.40. The van der Waals surface area contributed by atoms with Crippen LogP contribution in [0, 0.1) is 0 Å². The van der Waals surface area contributed by atoms with Crippen LogP contribution in [0.15, 0.2) is 0 Å². The Morgan fingerprint density at radius 1 is 0.259 bits per heavy atom. The molecule has 0 fully saturated rings. The highest BCUT2D eigenvalue weighted by Crippen LogP contribution is 1.75. The summed E-state index contributed by atoms with van der Waals surface area (Å²) in [5.41, 5.74) is 0. The molecular formula is C34H68Cl4O16. The van der Waals surface area contributed by atoms with Crippen LogP contribution in [-0.4, -0.2) is 111 Å². The van der Waals surface area contributed by atoms with Gasteiger partial charge in [0.15, 0.2) is 0 Å². The molecule has 0 aliphatic heterocycles. The molecular weight excluding hydrogens is 806 g/mol. The van der Waals surface area contributed by atoms with Crippen LogP contribution in [0.5, 0.6) is 0 Å². The summed E-state index contributed by atoms with van der Waals surface area (Å²) in [6, 6.07) is 0. The maximum Gasteiger partial charge on any atom is 0.302 e. The molecule has 0 amide bonds. The summed E-state index contributed by atoms with van der Waals surface area (Å²) in [5, 5.41) is 0.389. The van der Waals surface area contributed by atoms with E-state index in [2.05, 4.69) is 37.9 Å². The van der Waals surface area contributed by atoms with Gasteiger partial charge in [-0.25, -0.2) is 0 Å². The second kappa shape index (κ2) is 78.9. The first kappa shape index (κ1) is 75.8. The van der Waals surface area contributed by atoms with Gasteiger partial charge in [0.25, 0.3) is 0 Å². The molecule has 0 radical (unpaired) electrons. The van der Waals surface area contributed by atoms with E-state index in [-0.39, 0.29) is 58.4 Å². The van der Waals surface area contributed by atoms with Gasteiger partial charge in [-0.2, -0.15) is 0 Å². The molecule has 0 aromatic heterocycles. The first-order valence-electron chi connectivity index (χ1n) is 16.3. The van der Waals surface area contributed by atoms with Crippen LogP contribution in [0.1, 0.15) is 111 Å². The zero-order valence-corrected chi connectivity index (χ0v) is 38.1. The fourth-order valence-electron chi connectivity index (χ4n) is 1.63. The molecule has 0 heterocycles. The largest absolute Gasteiger partial charge is 0.466 e. The SMILES string of the molecule is CCOC(C)=O.CCOC(C)=O.CCOC(C)=O.CCOC(C)=O.CCOC(C)=O.CCOC(C)=O.CCOC(C)=O.CCOC(C)=O.ClCCl.ClCCl. The minimum Gasteiger partial charge on any atom is -0.466 e. The molecule has 0 atom stereocenters. The summed E-state index contributed by atoms with van der Waals surface area (Å²) in [6.07, 6.45) is 0. The normalized spacial score (nSPS) is 7.48. The van der Waals surface area contributed by atoms with Crippen LogP contribution in [-0.2, 0) is 76.3 Å². The van der Waals surface area contributed by atoms with E-state index in [9.17, 15) is 38.4 Å². The lowest BCUT2D eigenvalue weighted by Crippen LogP contribution is -1.95. The van der Waals surface area contributed by atoms with Gasteiger partial charge >= 0.3 is 47.8 Å². The van der Waals surface area contributed by atoms with E-state index in [0.717, 1.165) is 0 Å². The van der Waals surface area contributed by atoms with Gasteiger partial charge in [0.2, 0.25) is 0 Å². The monoisotopic (exact) mass is 872 g/mol. The van der Waals surface area contributed by atoms with E-state index in [0.29, 0.717) is 52.9 Å². The van der Waals surface area contributed by atoms with Crippen molar-refractivity contribution in [3.63, 3.8) is 0 Å². The third kappa shape index (κ3) is 257. The summed E-state index contributed by atoms with van der Waals surface area (Å²) < 4.78 is 35.2. The zero-order chi connectivity index (χ0) is 45.3. The second-order valence-electron chi connectivity index (χ2n) is 7.60. The van der Waals surface area contributed by atoms with E-state index in [1.54, 1.807) is 55.4 Å². The third-order valence-corrected chi connectivity index (χ3v) is 2.78. The molecule has 0 aliphatic rings. The molecule has 0 N–H and O–H groups in total. The number of ether oxygens (including phenoxy) is 8. The van der Waals surface area contributed by atoms with Crippen LogP contribution in [0.25, 0.3) is 0 Å². The first-order valence-corrected chi connectivity index (χ1v) is 18.4. The Labute approximate surface area is 343 Å².